The fourth-order valence-electron chi connectivity index (χ4n) is 2.54. The maximum atomic E-state index is 13.0. The normalized spacial score (nSPS) is 12.7. The fourth-order valence-corrected chi connectivity index (χ4v) is 4.39. The average Bonchev–Trinajstić information content (AvgIpc) is 3.09. The van der Waals surface area contributed by atoms with Gasteiger partial charge in [-0.3, -0.25) is 14.2 Å². The van der Waals surface area contributed by atoms with Crippen molar-refractivity contribution in [2.45, 2.75) is 23.4 Å². The molecule has 0 saturated heterocycles. The second kappa shape index (κ2) is 7.97. The number of rotatable bonds is 6. The molecule has 0 fully saturated rings. The molecule has 1 aromatic carbocycles. The van der Waals surface area contributed by atoms with Crippen LogP contribution in [0.4, 0.5) is 0 Å². The number of nitrogens with zero attached hydrogens (tertiary/aromatic N) is 2. The summed E-state index contributed by atoms with van der Waals surface area (Å²) in [5, 5.41) is 0.476. The Balaban J connectivity index is 2.09. The Morgan fingerprint density at radius 2 is 2.20 bits per heavy atom. The largest absolute Gasteiger partial charge is 0.495 e. The Hall–Kier alpha value is -1.93. The first kappa shape index (κ1) is 17.9. The molecule has 2 aromatic rings. The minimum atomic E-state index is -0.330. The molecular weight excluding hydrogens is 360 g/mol. The van der Waals surface area contributed by atoms with Gasteiger partial charge in [0.05, 0.1) is 35.7 Å². The SMILES string of the molecule is CCOC(=O)CSc1nc2c(c(=O)n1-c1ccccc1OC)SCC2. The van der Waals surface area contributed by atoms with Gasteiger partial charge in [0.2, 0.25) is 0 Å². The molecule has 132 valence electrons. The quantitative estimate of drug-likeness (QED) is 0.435. The van der Waals surface area contributed by atoms with Crippen LogP contribution in [0.5, 0.6) is 5.75 Å². The third kappa shape index (κ3) is 3.69. The van der Waals surface area contributed by atoms with Crippen LogP contribution in [-0.4, -0.2) is 40.7 Å². The lowest BCUT2D eigenvalue weighted by atomic mass is 10.2. The molecule has 0 unspecified atom stereocenters. The molecule has 8 heteroatoms. The summed E-state index contributed by atoms with van der Waals surface area (Å²) in [6.07, 6.45) is 0.759. The highest BCUT2D eigenvalue weighted by Gasteiger charge is 2.24. The van der Waals surface area contributed by atoms with Crippen molar-refractivity contribution in [1.29, 1.82) is 0 Å². The van der Waals surface area contributed by atoms with Crippen molar-refractivity contribution in [3.05, 3.63) is 40.3 Å². The summed E-state index contributed by atoms with van der Waals surface area (Å²) in [5.41, 5.74) is 1.29. The van der Waals surface area contributed by atoms with Crippen LogP contribution in [0.1, 0.15) is 12.6 Å². The van der Waals surface area contributed by atoms with Gasteiger partial charge in [0.25, 0.3) is 5.56 Å². The first-order chi connectivity index (χ1) is 12.2. The minimum absolute atomic E-state index is 0.0986. The first-order valence-corrected chi connectivity index (χ1v) is 9.83. The second-order valence-electron chi connectivity index (χ2n) is 5.17. The highest BCUT2D eigenvalue weighted by Crippen LogP contribution is 2.32. The molecule has 2 heterocycles. The summed E-state index contributed by atoms with van der Waals surface area (Å²) in [6, 6.07) is 7.28. The van der Waals surface area contributed by atoms with Crippen LogP contribution in [0.25, 0.3) is 5.69 Å². The molecule has 0 radical (unpaired) electrons. The number of carbonyl (C=O) groups is 1. The molecule has 0 bridgehead atoms. The number of carbonyl (C=O) groups excluding carboxylic acids is 1. The van der Waals surface area contributed by atoms with E-state index in [4.69, 9.17) is 9.47 Å². The Morgan fingerprint density at radius 3 is 2.96 bits per heavy atom. The molecule has 0 spiro atoms. The number of fused-ring (bicyclic) bond motifs is 1. The summed E-state index contributed by atoms with van der Waals surface area (Å²) in [5.74, 6) is 1.19. The molecule has 0 atom stereocenters. The number of aryl methyl sites for hydroxylation is 1. The molecule has 0 N–H and O–H groups in total. The van der Waals surface area contributed by atoms with E-state index in [1.807, 2.05) is 18.2 Å². The van der Waals surface area contributed by atoms with Crippen LogP contribution in [-0.2, 0) is 16.0 Å². The highest BCUT2D eigenvalue weighted by molar-refractivity contribution is 8.00. The lowest BCUT2D eigenvalue weighted by molar-refractivity contribution is -0.139. The molecule has 0 saturated carbocycles. The number of esters is 1. The monoisotopic (exact) mass is 378 g/mol. The summed E-state index contributed by atoms with van der Waals surface area (Å²) in [6.45, 7) is 2.09. The summed E-state index contributed by atoms with van der Waals surface area (Å²) < 4.78 is 11.9. The number of thioether (sulfide) groups is 2. The number of aromatic nitrogens is 2. The topological polar surface area (TPSA) is 70.4 Å². The second-order valence-corrected chi connectivity index (χ2v) is 7.22. The lowest BCUT2D eigenvalue weighted by Crippen LogP contribution is -2.24. The molecule has 6 nitrogen and oxygen atoms in total. The maximum Gasteiger partial charge on any atom is 0.316 e. The van der Waals surface area contributed by atoms with Crippen molar-refractivity contribution >= 4 is 29.5 Å². The Bertz CT molecular complexity index is 851. The van der Waals surface area contributed by atoms with Crippen molar-refractivity contribution in [2.75, 3.05) is 25.2 Å². The first-order valence-electron chi connectivity index (χ1n) is 7.86. The molecule has 1 aromatic heterocycles. The Labute approximate surface area is 153 Å². The Kier molecular flexibility index (Phi) is 5.70. The van der Waals surface area contributed by atoms with E-state index in [2.05, 4.69) is 4.98 Å². The number of ether oxygens (including phenoxy) is 2. The van der Waals surface area contributed by atoms with E-state index in [1.165, 1.54) is 28.1 Å². The van der Waals surface area contributed by atoms with Gasteiger partial charge in [-0.25, -0.2) is 4.98 Å². The van der Waals surface area contributed by atoms with Gasteiger partial charge in [-0.05, 0) is 19.1 Å². The van der Waals surface area contributed by atoms with Gasteiger partial charge < -0.3 is 9.47 Å². The van der Waals surface area contributed by atoms with Crippen LogP contribution < -0.4 is 10.3 Å². The van der Waals surface area contributed by atoms with Gasteiger partial charge in [-0.15, -0.1) is 11.8 Å². The van der Waals surface area contributed by atoms with Gasteiger partial charge in [0.1, 0.15) is 5.75 Å². The van der Waals surface area contributed by atoms with Crippen LogP contribution >= 0.6 is 23.5 Å². The standard InChI is InChI=1S/C17H18N2O4S2/c1-3-23-14(20)10-25-17-18-11-8-9-24-15(11)16(21)19(17)12-6-4-5-7-13(12)22-2/h4-7H,3,8-10H2,1-2H3. The molecular formula is C17H18N2O4S2. The summed E-state index contributed by atoms with van der Waals surface area (Å²) in [4.78, 5) is 30.1. The lowest BCUT2D eigenvalue weighted by Gasteiger charge is -2.15. The van der Waals surface area contributed by atoms with E-state index in [0.29, 0.717) is 28.1 Å². The third-order valence-corrected chi connectivity index (χ3v) is 5.64. The predicted octanol–water partition coefficient (Wildman–Crippen LogP) is 2.54. The van der Waals surface area contributed by atoms with Crippen molar-refractivity contribution in [1.82, 2.24) is 9.55 Å². The average molecular weight is 378 g/mol. The van der Waals surface area contributed by atoms with E-state index in [9.17, 15) is 9.59 Å². The van der Waals surface area contributed by atoms with Gasteiger partial charge in [0, 0.05) is 12.2 Å². The highest BCUT2D eigenvalue weighted by atomic mass is 32.2. The number of benzene rings is 1. The summed E-state index contributed by atoms with van der Waals surface area (Å²) in [7, 11) is 1.56. The van der Waals surface area contributed by atoms with Crippen LogP contribution in [0.15, 0.2) is 39.1 Å². The van der Waals surface area contributed by atoms with E-state index >= 15 is 0 Å². The number of hydrogen-bond donors (Lipinski definition) is 0. The van der Waals surface area contributed by atoms with E-state index < -0.39 is 0 Å². The van der Waals surface area contributed by atoms with Crippen molar-refractivity contribution in [3.63, 3.8) is 0 Å². The molecule has 3 rings (SSSR count). The van der Waals surface area contributed by atoms with Crippen LogP contribution in [0.3, 0.4) is 0 Å². The number of hydrogen-bond acceptors (Lipinski definition) is 7. The third-order valence-electron chi connectivity index (χ3n) is 3.62. The maximum absolute atomic E-state index is 13.0. The zero-order valence-corrected chi connectivity index (χ0v) is 15.6. The van der Waals surface area contributed by atoms with E-state index in [1.54, 1.807) is 20.1 Å². The van der Waals surface area contributed by atoms with Crippen molar-refractivity contribution in [2.24, 2.45) is 0 Å². The molecule has 0 amide bonds. The fraction of sp³-hybridized carbons (Fsp3) is 0.353. The van der Waals surface area contributed by atoms with Crippen molar-refractivity contribution in [3.8, 4) is 11.4 Å². The molecule has 0 aliphatic carbocycles. The Morgan fingerprint density at radius 1 is 1.40 bits per heavy atom. The zero-order valence-electron chi connectivity index (χ0n) is 14.0. The zero-order chi connectivity index (χ0) is 17.8. The minimum Gasteiger partial charge on any atom is -0.495 e. The molecule has 1 aliphatic heterocycles. The van der Waals surface area contributed by atoms with E-state index in [0.717, 1.165) is 17.9 Å². The predicted molar refractivity (Wildman–Crippen MR) is 98.2 cm³/mol. The number of para-hydroxylation sites is 2. The molecule has 1 aliphatic rings. The smallest absolute Gasteiger partial charge is 0.316 e. The van der Waals surface area contributed by atoms with Crippen LogP contribution in [0, 0.1) is 0 Å². The van der Waals surface area contributed by atoms with Gasteiger partial charge in [0.15, 0.2) is 5.16 Å². The van der Waals surface area contributed by atoms with Gasteiger partial charge in [-0.2, -0.15) is 0 Å². The van der Waals surface area contributed by atoms with Crippen molar-refractivity contribution < 1.29 is 14.3 Å². The molecule has 25 heavy (non-hydrogen) atoms. The van der Waals surface area contributed by atoms with Crippen LogP contribution in [0.2, 0.25) is 0 Å². The van der Waals surface area contributed by atoms with Gasteiger partial charge in [-0.1, -0.05) is 23.9 Å². The van der Waals surface area contributed by atoms with E-state index in [-0.39, 0.29) is 17.3 Å². The van der Waals surface area contributed by atoms with Gasteiger partial charge >= 0.3 is 5.97 Å². The number of methoxy groups -OCH3 is 1. The summed E-state index contributed by atoms with van der Waals surface area (Å²) >= 11 is 2.72.